The van der Waals surface area contributed by atoms with Gasteiger partial charge in [0.05, 0.1) is 12.0 Å². The molecule has 0 spiro atoms. The van der Waals surface area contributed by atoms with Crippen LogP contribution in [0.1, 0.15) is 40.1 Å². The van der Waals surface area contributed by atoms with Crippen molar-refractivity contribution in [3.05, 3.63) is 63.2 Å². The number of carbonyl (C=O) groups excluding carboxylic acids is 2. The summed E-state index contributed by atoms with van der Waals surface area (Å²) in [5.74, 6) is -0.600. The molecule has 0 radical (unpaired) electrons. The minimum atomic E-state index is -0.667. The van der Waals surface area contributed by atoms with Crippen molar-refractivity contribution in [3.8, 4) is 5.75 Å². The molecule has 0 unspecified atom stereocenters. The molecule has 8 heteroatoms. The minimum Gasteiger partial charge on any atom is -0.497 e. The fraction of sp³-hybridized carbons (Fsp3) is 0.263. The largest absolute Gasteiger partial charge is 0.497 e. The van der Waals surface area contributed by atoms with E-state index in [1.165, 1.54) is 31.4 Å². The second-order valence-corrected chi connectivity index (χ2v) is 6.25. The SMILES string of the molecule is COc1ccc([N+](=O)[O-])c(C(=O)Nc2ccc(C)c(C(=O)NC(C)C)c2)c1. The summed E-state index contributed by atoms with van der Waals surface area (Å²) >= 11 is 0. The molecule has 0 aromatic heterocycles. The first-order valence-corrected chi connectivity index (χ1v) is 8.28. The third-order valence-electron chi connectivity index (χ3n) is 3.80. The maximum absolute atomic E-state index is 12.6. The van der Waals surface area contributed by atoms with Crippen LogP contribution in [-0.4, -0.2) is 29.9 Å². The van der Waals surface area contributed by atoms with Gasteiger partial charge in [0.15, 0.2) is 0 Å². The second kappa shape index (κ2) is 8.31. The number of anilines is 1. The molecule has 0 aliphatic carbocycles. The van der Waals surface area contributed by atoms with Gasteiger partial charge < -0.3 is 15.4 Å². The van der Waals surface area contributed by atoms with Gasteiger partial charge in [-0.15, -0.1) is 0 Å². The first-order valence-electron chi connectivity index (χ1n) is 8.28. The number of ether oxygens (including phenoxy) is 1. The zero-order chi connectivity index (χ0) is 20.1. The number of nitrogens with one attached hydrogen (secondary N) is 2. The van der Waals surface area contributed by atoms with Crippen molar-refractivity contribution in [1.82, 2.24) is 5.32 Å². The lowest BCUT2D eigenvalue weighted by atomic mass is 10.1. The number of nitro benzene ring substituents is 1. The summed E-state index contributed by atoms with van der Waals surface area (Å²) in [5, 5.41) is 16.6. The molecule has 0 atom stereocenters. The van der Waals surface area contributed by atoms with Gasteiger partial charge in [-0.05, 0) is 50.6 Å². The first kappa shape index (κ1) is 19.9. The van der Waals surface area contributed by atoms with Crippen LogP contribution < -0.4 is 15.4 Å². The number of rotatable bonds is 6. The Morgan fingerprint density at radius 3 is 2.37 bits per heavy atom. The van der Waals surface area contributed by atoms with E-state index in [1.54, 1.807) is 19.1 Å². The van der Waals surface area contributed by atoms with E-state index in [-0.39, 0.29) is 23.2 Å². The van der Waals surface area contributed by atoms with Gasteiger partial charge >= 0.3 is 0 Å². The Morgan fingerprint density at radius 1 is 1.07 bits per heavy atom. The summed E-state index contributed by atoms with van der Waals surface area (Å²) in [6.45, 7) is 5.48. The van der Waals surface area contributed by atoms with E-state index in [0.29, 0.717) is 17.0 Å². The molecule has 27 heavy (non-hydrogen) atoms. The fourth-order valence-electron chi connectivity index (χ4n) is 2.47. The number of nitrogens with zero attached hydrogens (tertiary/aromatic N) is 1. The average Bonchev–Trinajstić information content (AvgIpc) is 2.61. The lowest BCUT2D eigenvalue weighted by molar-refractivity contribution is -0.385. The lowest BCUT2D eigenvalue weighted by Crippen LogP contribution is -2.30. The molecule has 0 heterocycles. The highest BCUT2D eigenvalue weighted by molar-refractivity contribution is 6.08. The Labute approximate surface area is 156 Å². The van der Waals surface area contributed by atoms with Crippen molar-refractivity contribution >= 4 is 23.2 Å². The molecular weight excluding hydrogens is 350 g/mol. The highest BCUT2D eigenvalue weighted by Gasteiger charge is 2.22. The molecule has 8 nitrogen and oxygen atoms in total. The summed E-state index contributed by atoms with van der Waals surface area (Å²) in [7, 11) is 1.41. The summed E-state index contributed by atoms with van der Waals surface area (Å²) in [5.41, 5.74) is 1.06. The van der Waals surface area contributed by atoms with Crippen molar-refractivity contribution < 1.29 is 19.2 Å². The Hall–Kier alpha value is -3.42. The van der Waals surface area contributed by atoms with Crippen molar-refractivity contribution in [3.63, 3.8) is 0 Å². The standard InChI is InChI=1S/C19H21N3O5/c1-11(2)20-18(23)15-9-13(6-5-12(15)3)21-19(24)16-10-14(27-4)7-8-17(16)22(25)26/h5-11H,1-4H3,(H,20,23)(H,21,24). The van der Waals surface area contributed by atoms with E-state index in [9.17, 15) is 19.7 Å². The molecular formula is C19H21N3O5. The Kier molecular flexibility index (Phi) is 6.12. The molecule has 0 saturated carbocycles. The van der Waals surface area contributed by atoms with Gasteiger partial charge in [0, 0.05) is 23.4 Å². The maximum Gasteiger partial charge on any atom is 0.282 e. The van der Waals surface area contributed by atoms with Crippen LogP contribution in [0.5, 0.6) is 5.75 Å². The molecule has 2 aromatic rings. The normalized spacial score (nSPS) is 10.4. The molecule has 0 aliphatic rings. The molecule has 0 saturated heterocycles. The number of benzene rings is 2. The summed E-state index contributed by atoms with van der Waals surface area (Å²) in [6.07, 6.45) is 0. The number of methoxy groups -OCH3 is 1. The van der Waals surface area contributed by atoms with E-state index >= 15 is 0 Å². The molecule has 0 aliphatic heterocycles. The first-order chi connectivity index (χ1) is 12.7. The number of hydrogen-bond acceptors (Lipinski definition) is 5. The van der Waals surface area contributed by atoms with Crippen molar-refractivity contribution in [2.75, 3.05) is 12.4 Å². The van der Waals surface area contributed by atoms with Crippen LogP contribution in [0.25, 0.3) is 0 Å². The smallest absolute Gasteiger partial charge is 0.282 e. The topological polar surface area (TPSA) is 111 Å². The quantitative estimate of drug-likeness (QED) is 0.598. The number of hydrogen-bond donors (Lipinski definition) is 2. The van der Waals surface area contributed by atoms with Crippen molar-refractivity contribution in [2.45, 2.75) is 26.8 Å². The van der Waals surface area contributed by atoms with Gasteiger partial charge in [-0.3, -0.25) is 19.7 Å². The predicted molar refractivity (Wildman–Crippen MR) is 101 cm³/mol. The summed E-state index contributed by atoms with van der Waals surface area (Å²) in [6, 6.07) is 8.76. The Bertz CT molecular complexity index is 893. The molecule has 142 valence electrons. The highest BCUT2D eigenvalue weighted by Crippen LogP contribution is 2.25. The predicted octanol–water partition coefficient (Wildman–Crippen LogP) is 3.30. The molecule has 2 N–H and O–H groups in total. The highest BCUT2D eigenvalue weighted by atomic mass is 16.6. The van der Waals surface area contributed by atoms with E-state index in [4.69, 9.17) is 4.74 Å². The second-order valence-electron chi connectivity index (χ2n) is 6.25. The maximum atomic E-state index is 12.6. The van der Waals surface area contributed by atoms with E-state index in [2.05, 4.69) is 10.6 Å². The van der Waals surface area contributed by atoms with Gasteiger partial charge in [-0.1, -0.05) is 6.07 Å². The molecule has 2 aromatic carbocycles. The monoisotopic (exact) mass is 371 g/mol. The van der Waals surface area contributed by atoms with Crippen LogP contribution in [0.3, 0.4) is 0 Å². The fourth-order valence-corrected chi connectivity index (χ4v) is 2.47. The van der Waals surface area contributed by atoms with Gasteiger partial charge in [0.1, 0.15) is 11.3 Å². The molecule has 2 amide bonds. The lowest BCUT2D eigenvalue weighted by Gasteiger charge is -2.13. The van der Waals surface area contributed by atoms with Gasteiger partial charge in [-0.25, -0.2) is 0 Å². The summed E-state index contributed by atoms with van der Waals surface area (Å²) in [4.78, 5) is 35.4. The zero-order valence-corrected chi connectivity index (χ0v) is 15.5. The van der Waals surface area contributed by atoms with E-state index < -0.39 is 10.8 Å². The van der Waals surface area contributed by atoms with Crippen LogP contribution in [0, 0.1) is 17.0 Å². The zero-order valence-electron chi connectivity index (χ0n) is 15.5. The van der Waals surface area contributed by atoms with E-state index in [0.717, 1.165) is 5.56 Å². The number of carbonyl (C=O) groups is 2. The van der Waals surface area contributed by atoms with Gasteiger partial charge in [-0.2, -0.15) is 0 Å². The van der Waals surface area contributed by atoms with Crippen LogP contribution in [0.2, 0.25) is 0 Å². The third-order valence-corrected chi connectivity index (χ3v) is 3.80. The van der Waals surface area contributed by atoms with Gasteiger partial charge in [0.25, 0.3) is 17.5 Å². The minimum absolute atomic E-state index is 0.0328. The van der Waals surface area contributed by atoms with Crippen LogP contribution in [0.4, 0.5) is 11.4 Å². The van der Waals surface area contributed by atoms with Crippen LogP contribution in [-0.2, 0) is 0 Å². The number of aryl methyl sites for hydroxylation is 1. The van der Waals surface area contributed by atoms with Crippen molar-refractivity contribution in [2.24, 2.45) is 0 Å². The summed E-state index contributed by atoms with van der Waals surface area (Å²) < 4.78 is 5.04. The van der Waals surface area contributed by atoms with Crippen LogP contribution in [0.15, 0.2) is 36.4 Å². The molecule has 0 fully saturated rings. The molecule has 2 rings (SSSR count). The Morgan fingerprint density at radius 2 is 1.78 bits per heavy atom. The third kappa shape index (κ3) is 4.81. The number of amides is 2. The van der Waals surface area contributed by atoms with Gasteiger partial charge in [0.2, 0.25) is 0 Å². The molecule has 0 bridgehead atoms. The Balaban J connectivity index is 2.33. The van der Waals surface area contributed by atoms with E-state index in [1.807, 2.05) is 13.8 Å². The number of nitro groups is 1. The van der Waals surface area contributed by atoms with Crippen molar-refractivity contribution in [1.29, 1.82) is 0 Å². The average molecular weight is 371 g/mol. The van der Waals surface area contributed by atoms with Crippen LogP contribution >= 0.6 is 0 Å².